The van der Waals surface area contributed by atoms with Gasteiger partial charge in [0.05, 0.1) is 5.02 Å². The first kappa shape index (κ1) is 12.9. The molecule has 1 aromatic rings. The van der Waals surface area contributed by atoms with Gasteiger partial charge in [0.2, 0.25) is 5.91 Å². The van der Waals surface area contributed by atoms with E-state index in [1.54, 1.807) is 13.0 Å². The van der Waals surface area contributed by atoms with E-state index in [9.17, 15) is 9.18 Å². The number of amides is 1. The molecule has 0 radical (unpaired) electrons. The van der Waals surface area contributed by atoms with Crippen LogP contribution >= 0.6 is 11.6 Å². The van der Waals surface area contributed by atoms with Gasteiger partial charge in [-0.3, -0.25) is 4.79 Å². The van der Waals surface area contributed by atoms with E-state index >= 15 is 0 Å². The fraction of sp³-hybridized carbons (Fsp3) is 0.364. The Kier molecular flexibility index (Phi) is 4.71. The molecule has 1 unspecified atom stereocenters. The van der Waals surface area contributed by atoms with Gasteiger partial charge in [0.1, 0.15) is 5.82 Å². The van der Waals surface area contributed by atoms with Crippen LogP contribution in [0.3, 0.4) is 0 Å². The van der Waals surface area contributed by atoms with Crippen LogP contribution in [0.5, 0.6) is 0 Å². The molecule has 3 nitrogen and oxygen atoms in total. The molecule has 0 saturated heterocycles. The maximum Gasteiger partial charge on any atom is 0.224 e. The number of hydrogen-bond acceptors (Lipinski definition) is 2. The lowest BCUT2D eigenvalue weighted by Gasteiger charge is -2.10. The highest BCUT2D eigenvalue weighted by Crippen LogP contribution is 2.15. The van der Waals surface area contributed by atoms with Crippen LogP contribution in [0.1, 0.15) is 12.5 Å². The number of hydrogen-bond donors (Lipinski definition) is 2. The fourth-order valence-corrected chi connectivity index (χ4v) is 1.32. The predicted molar refractivity (Wildman–Crippen MR) is 61.5 cm³/mol. The average Bonchev–Trinajstić information content (AvgIpc) is 2.29. The predicted octanol–water partition coefficient (Wildman–Crippen LogP) is 1.69. The molecule has 0 aliphatic rings. The summed E-state index contributed by atoms with van der Waals surface area (Å²) in [6.45, 7) is 2.37. The molecule has 88 valence electrons. The highest BCUT2D eigenvalue weighted by Gasteiger charge is 2.10. The van der Waals surface area contributed by atoms with Crippen LogP contribution in [0.15, 0.2) is 18.2 Å². The third-order valence-electron chi connectivity index (χ3n) is 2.25. The molecular formula is C11H14ClFN2O. The molecule has 1 rings (SSSR count). The zero-order valence-corrected chi connectivity index (χ0v) is 9.72. The first-order valence-electron chi connectivity index (χ1n) is 4.96. The van der Waals surface area contributed by atoms with Crippen molar-refractivity contribution in [1.29, 1.82) is 0 Å². The second-order valence-corrected chi connectivity index (χ2v) is 4.01. The summed E-state index contributed by atoms with van der Waals surface area (Å²) >= 11 is 5.61. The second kappa shape index (κ2) is 5.82. The largest absolute Gasteiger partial charge is 0.352 e. The highest BCUT2D eigenvalue weighted by atomic mass is 35.5. The van der Waals surface area contributed by atoms with Gasteiger partial charge in [0.15, 0.2) is 0 Å². The molecule has 0 spiro atoms. The third kappa shape index (κ3) is 3.47. The van der Waals surface area contributed by atoms with Gasteiger partial charge < -0.3 is 11.1 Å². The van der Waals surface area contributed by atoms with Crippen molar-refractivity contribution in [2.75, 3.05) is 6.54 Å². The standard InChI is InChI=1S/C11H14ClFN2O/c1-7(5-14)11(16)15-6-8-2-3-10(13)9(12)4-8/h2-4,7H,5-6,14H2,1H3,(H,15,16). The Balaban J connectivity index is 2.55. The Morgan fingerprint density at radius 3 is 2.88 bits per heavy atom. The fourth-order valence-electron chi connectivity index (χ4n) is 1.12. The maximum atomic E-state index is 12.8. The van der Waals surface area contributed by atoms with Gasteiger partial charge in [-0.25, -0.2) is 4.39 Å². The average molecular weight is 245 g/mol. The van der Waals surface area contributed by atoms with Crippen molar-refractivity contribution in [2.24, 2.45) is 11.7 Å². The summed E-state index contributed by atoms with van der Waals surface area (Å²) in [5.74, 6) is -0.814. The highest BCUT2D eigenvalue weighted by molar-refractivity contribution is 6.30. The van der Waals surface area contributed by atoms with Gasteiger partial charge in [0, 0.05) is 19.0 Å². The Bertz CT molecular complexity index is 384. The van der Waals surface area contributed by atoms with Crippen molar-refractivity contribution >= 4 is 17.5 Å². The number of benzene rings is 1. The normalized spacial score (nSPS) is 12.2. The van der Waals surface area contributed by atoms with Gasteiger partial charge in [0.25, 0.3) is 0 Å². The van der Waals surface area contributed by atoms with E-state index in [0.29, 0.717) is 13.1 Å². The van der Waals surface area contributed by atoms with Gasteiger partial charge >= 0.3 is 0 Å². The monoisotopic (exact) mass is 244 g/mol. The molecule has 0 heterocycles. The number of nitrogens with two attached hydrogens (primary N) is 1. The molecule has 3 N–H and O–H groups in total. The summed E-state index contributed by atoms with van der Waals surface area (Å²) < 4.78 is 12.8. The Morgan fingerprint density at radius 1 is 1.62 bits per heavy atom. The molecule has 5 heteroatoms. The molecule has 0 aromatic heterocycles. The van der Waals surface area contributed by atoms with E-state index in [1.807, 2.05) is 0 Å². The van der Waals surface area contributed by atoms with Crippen LogP contribution in [0, 0.1) is 11.7 Å². The number of halogens is 2. The number of carbonyl (C=O) groups excluding carboxylic acids is 1. The van der Waals surface area contributed by atoms with Gasteiger partial charge in [-0.2, -0.15) is 0 Å². The van der Waals surface area contributed by atoms with Crippen LogP contribution < -0.4 is 11.1 Å². The van der Waals surface area contributed by atoms with Gasteiger partial charge in [-0.1, -0.05) is 24.6 Å². The summed E-state index contributed by atoms with van der Waals surface area (Å²) in [5, 5.41) is 2.75. The van der Waals surface area contributed by atoms with Crippen molar-refractivity contribution in [1.82, 2.24) is 5.32 Å². The zero-order valence-electron chi connectivity index (χ0n) is 8.97. The van der Waals surface area contributed by atoms with E-state index in [2.05, 4.69) is 5.32 Å². The number of nitrogens with one attached hydrogen (secondary N) is 1. The van der Waals surface area contributed by atoms with Crippen LogP contribution in [0.25, 0.3) is 0 Å². The minimum Gasteiger partial charge on any atom is -0.352 e. The Morgan fingerprint density at radius 2 is 2.31 bits per heavy atom. The molecule has 1 amide bonds. The number of rotatable bonds is 4. The molecule has 0 aliphatic heterocycles. The molecule has 0 bridgehead atoms. The van der Waals surface area contributed by atoms with Gasteiger partial charge in [-0.15, -0.1) is 0 Å². The second-order valence-electron chi connectivity index (χ2n) is 3.60. The van der Waals surface area contributed by atoms with Gasteiger partial charge in [-0.05, 0) is 17.7 Å². The van der Waals surface area contributed by atoms with Crippen LogP contribution in [-0.2, 0) is 11.3 Å². The molecule has 0 saturated carbocycles. The minimum atomic E-state index is -0.466. The van der Waals surface area contributed by atoms with Crippen LogP contribution in [0.2, 0.25) is 5.02 Å². The van der Waals surface area contributed by atoms with E-state index in [-0.39, 0.29) is 16.8 Å². The third-order valence-corrected chi connectivity index (χ3v) is 2.54. The lowest BCUT2D eigenvalue weighted by atomic mass is 10.1. The lowest BCUT2D eigenvalue weighted by molar-refractivity contribution is -0.124. The summed E-state index contributed by atoms with van der Waals surface area (Å²) in [5.41, 5.74) is 6.11. The van der Waals surface area contributed by atoms with Crippen LogP contribution in [-0.4, -0.2) is 12.5 Å². The van der Waals surface area contributed by atoms with Crippen molar-refractivity contribution in [3.05, 3.63) is 34.6 Å². The number of carbonyl (C=O) groups is 1. The zero-order chi connectivity index (χ0) is 12.1. The van der Waals surface area contributed by atoms with E-state index in [4.69, 9.17) is 17.3 Å². The summed E-state index contributed by atoms with van der Waals surface area (Å²) in [6.07, 6.45) is 0. The van der Waals surface area contributed by atoms with E-state index < -0.39 is 5.82 Å². The summed E-state index contributed by atoms with van der Waals surface area (Å²) in [4.78, 5) is 11.4. The summed E-state index contributed by atoms with van der Waals surface area (Å²) in [6, 6.07) is 4.34. The smallest absolute Gasteiger partial charge is 0.224 e. The Labute approximate surface area is 98.8 Å². The molecule has 0 fully saturated rings. The van der Waals surface area contributed by atoms with Crippen molar-refractivity contribution < 1.29 is 9.18 Å². The van der Waals surface area contributed by atoms with Crippen molar-refractivity contribution in [3.8, 4) is 0 Å². The molecule has 16 heavy (non-hydrogen) atoms. The quantitative estimate of drug-likeness (QED) is 0.847. The van der Waals surface area contributed by atoms with Crippen molar-refractivity contribution in [3.63, 3.8) is 0 Å². The molecule has 1 aromatic carbocycles. The van der Waals surface area contributed by atoms with E-state index in [1.165, 1.54) is 12.1 Å². The summed E-state index contributed by atoms with van der Waals surface area (Å²) in [7, 11) is 0. The van der Waals surface area contributed by atoms with Crippen molar-refractivity contribution in [2.45, 2.75) is 13.5 Å². The van der Waals surface area contributed by atoms with Crippen LogP contribution in [0.4, 0.5) is 4.39 Å². The molecule has 0 aliphatic carbocycles. The first-order chi connectivity index (χ1) is 7.54. The SMILES string of the molecule is CC(CN)C(=O)NCc1ccc(F)c(Cl)c1. The molecule has 1 atom stereocenters. The lowest BCUT2D eigenvalue weighted by Crippen LogP contribution is -2.32. The van der Waals surface area contributed by atoms with E-state index in [0.717, 1.165) is 5.56 Å². The Hall–Kier alpha value is -1.13. The maximum absolute atomic E-state index is 12.8. The first-order valence-corrected chi connectivity index (χ1v) is 5.34. The minimum absolute atomic E-state index is 0.0543. The topological polar surface area (TPSA) is 55.1 Å². The molecular weight excluding hydrogens is 231 g/mol.